The first-order valence-electron chi connectivity index (χ1n) is 12.3. The van der Waals surface area contributed by atoms with E-state index in [0.29, 0.717) is 30.3 Å². The smallest absolute Gasteiger partial charge is 0.353 e. The van der Waals surface area contributed by atoms with Gasteiger partial charge in [-0.2, -0.15) is 0 Å². The quantitative estimate of drug-likeness (QED) is 0.184. The van der Waals surface area contributed by atoms with Gasteiger partial charge in [0.2, 0.25) is 0 Å². The zero-order chi connectivity index (χ0) is 26.3. The summed E-state index contributed by atoms with van der Waals surface area (Å²) in [6.45, 7) is 13.1. The van der Waals surface area contributed by atoms with Crippen LogP contribution in [0.4, 0.5) is 5.82 Å². The molecular weight excluding hydrogens is 466 g/mol. The van der Waals surface area contributed by atoms with Crippen molar-refractivity contribution in [3.63, 3.8) is 0 Å². The number of esters is 1. The van der Waals surface area contributed by atoms with E-state index in [9.17, 15) is 4.79 Å². The lowest BCUT2D eigenvalue weighted by atomic mass is 9.90. The van der Waals surface area contributed by atoms with E-state index in [-0.39, 0.29) is 0 Å². The number of aromatic nitrogens is 2. The first kappa shape index (κ1) is 27.3. The number of hydrogen-bond donors (Lipinski definition) is 0. The number of carbonyl (C=O) groups excluding carboxylic acids is 1. The molecule has 0 aliphatic heterocycles. The molecule has 190 valence electrons. The summed E-state index contributed by atoms with van der Waals surface area (Å²) < 4.78 is 10.9. The van der Waals surface area contributed by atoms with Crippen LogP contribution in [0, 0.1) is 5.41 Å². The van der Waals surface area contributed by atoms with Gasteiger partial charge in [0.05, 0.1) is 31.3 Å². The van der Waals surface area contributed by atoms with Crippen LogP contribution < -0.4 is 4.74 Å². The van der Waals surface area contributed by atoms with Crippen LogP contribution in [-0.4, -0.2) is 43.4 Å². The monoisotopic (exact) mass is 503 g/mol. The van der Waals surface area contributed by atoms with Crippen molar-refractivity contribution < 1.29 is 14.3 Å². The van der Waals surface area contributed by atoms with Crippen LogP contribution in [0.15, 0.2) is 65.8 Å². The maximum Gasteiger partial charge on any atom is 0.353 e. The summed E-state index contributed by atoms with van der Waals surface area (Å²) in [5.74, 6) is 0.815. The van der Waals surface area contributed by atoms with E-state index in [0.717, 1.165) is 28.6 Å². The maximum absolute atomic E-state index is 13.1. The van der Waals surface area contributed by atoms with Gasteiger partial charge in [-0.15, -0.1) is 0 Å². The maximum atomic E-state index is 13.1. The molecule has 0 bridgehead atoms. The van der Waals surface area contributed by atoms with Crippen LogP contribution in [0.3, 0.4) is 0 Å². The Kier molecular flexibility index (Phi) is 8.79. The lowest BCUT2D eigenvalue weighted by molar-refractivity contribution is -0.135. The predicted octanol–water partition coefficient (Wildman–Crippen LogP) is 6.74. The molecule has 0 aliphatic rings. The van der Waals surface area contributed by atoms with Crippen molar-refractivity contribution in [2.24, 2.45) is 10.4 Å². The number of hydrogen-bond acceptors (Lipinski definition) is 6. The summed E-state index contributed by atoms with van der Waals surface area (Å²) in [6, 6.07) is 18.7. The minimum atomic E-state index is -1.32. The van der Waals surface area contributed by atoms with E-state index in [1.807, 2.05) is 75.4 Å². The highest BCUT2D eigenvalue weighted by molar-refractivity contribution is 6.76. The molecule has 0 N–H and O–H groups in total. The van der Waals surface area contributed by atoms with Gasteiger partial charge in [-0.05, 0) is 35.9 Å². The topological polar surface area (TPSA) is 73.7 Å². The minimum Gasteiger partial charge on any atom is -0.497 e. The third-order valence-corrected chi connectivity index (χ3v) is 7.33. The number of carbonyl (C=O) groups is 1. The second-order valence-electron chi connectivity index (χ2n) is 11.1. The molecule has 0 fully saturated rings. The van der Waals surface area contributed by atoms with Gasteiger partial charge < -0.3 is 9.47 Å². The Morgan fingerprint density at radius 2 is 1.67 bits per heavy atom. The number of nitrogens with zero attached hydrogens (tertiary/aromatic N) is 3. The number of methoxy groups -OCH3 is 1. The molecule has 0 saturated heterocycles. The summed E-state index contributed by atoms with van der Waals surface area (Å²) in [5, 5.41) is 0. The van der Waals surface area contributed by atoms with Crippen molar-refractivity contribution in [3.8, 4) is 17.0 Å². The Bertz CT molecular complexity index is 1200. The van der Waals surface area contributed by atoms with Crippen molar-refractivity contribution >= 4 is 25.6 Å². The van der Waals surface area contributed by atoms with Gasteiger partial charge in [0.15, 0.2) is 5.82 Å². The summed E-state index contributed by atoms with van der Waals surface area (Å²) in [5.41, 5.74) is 3.28. The Morgan fingerprint density at radius 1 is 1.00 bits per heavy atom. The standard InChI is InChI=1S/C29H37N3O3Si/c1-29(2,3)26(28(33)35-17-18-36(5,6)7)32-27-24(19-21-11-9-8-10-12-21)31-25(20-30-27)22-13-15-23(34-4)16-14-22/h8-16,20H,17-19H2,1-7H3. The van der Waals surface area contributed by atoms with E-state index in [2.05, 4.69) is 24.6 Å². The second-order valence-corrected chi connectivity index (χ2v) is 16.7. The predicted molar refractivity (Wildman–Crippen MR) is 149 cm³/mol. The lowest BCUT2D eigenvalue weighted by Gasteiger charge is -2.21. The highest BCUT2D eigenvalue weighted by atomic mass is 28.3. The fourth-order valence-electron chi connectivity index (χ4n) is 3.47. The van der Waals surface area contributed by atoms with Gasteiger partial charge in [0.1, 0.15) is 11.5 Å². The first-order chi connectivity index (χ1) is 17.0. The molecule has 2 aromatic carbocycles. The van der Waals surface area contributed by atoms with Crippen LogP contribution >= 0.6 is 0 Å². The van der Waals surface area contributed by atoms with Gasteiger partial charge in [-0.1, -0.05) is 70.7 Å². The molecule has 0 radical (unpaired) electrons. The average Bonchev–Trinajstić information content (AvgIpc) is 2.82. The number of aliphatic imine (C=N–C) groups is 1. The van der Waals surface area contributed by atoms with Crippen molar-refractivity contribution in [3.05, 3.63) is 72.1 Å². The number of ether oxygens (including phenoxy) is 2. The molecule has 7 heteroatoms. The highest BCUT2D eigenvalue weighted by Gasteiger charge is 2.29. The van der Waals surface area contributed by atoms with E-state index in [1.165, 1.54) is 0 Å². The highest BCUT2D eigenvalue weighted by Crippen LogP contribution is 2.27. The first-order valence-corrected chi connectivity index (χ1v) is 16.0. The molecule has 1 heterocycles. The van der Waals surface area contributed by atoms with Crippen LogP contribution in [0.25, 0.3) is 11.3 Å². The molecule has 3 rings (SSSR count). The van der Waals surface area contributed by atoms with E-state index in [1.54, 1.807) is 13.3 Å². The van der Waals surface area contributed by atoms with Crippen molar-refractivity contribution in [1.29, 1.82) is 0 Å². The van der Waals surface area contributed by atoms with Crippen molar-refractivity contribution in [2.45, 2.75) is 52.9 Å². The molecule has 0 amide bonds. The van der Waals surface area contributed by atoms with Crippen molar-refractivity contribution in [2.75, 3.05) is 13.7 Å². The molecule has 3 aromatic rings. The Hall–Kier alpha value is -3.32. The van der Waals surface area contributed by atoms with Crippen molar-refractivity contribution in [1.82, 2.24) is 9.97 Å². The lowest BCUT2D eigenvalue weighted by Crippen LogP contribution is -2.32. The summed E-state index contributed by atoms with van der Waals surface area (Å²) in [7, 11) is 0.318. The molecule has 36 heavy (non-hydrogen) atoms. The van der Waals surface area contributed by atoms with Gasteiger partial charge >= 0.3 is 5.97 Å². The SMILES string of the molecule is COc1ccc(-c2cnc(N=C(C(=O)OCC[Si](C)(C)C)C(C)(C)C)c(Cc3ccccc3)n2)cc1. The third-order valence-electron chi connectivity index (χ3n) is 5.63. The molecule has 0 saturated carbocycles. The van der Waals surface area contributed by atoms with E-state index in [4.69, 9.17) is 19.5 Å². The van der Waals surface area contributed by atoms with Crippen LogP contribution in [0.2, 0.25) is 25.7 Å². The Balaban J connectivity index is 2.01. The van der Waals surface area contributed by atoms with Crippen LogP contribution in [-0.2, 0) is 16.0 Å². The third kappa shape index (κ3) is 7.85. The van der Waals surface area contributed by atoms with Gasteiger partial charge in [-0.25, -0.2) is 19.8 Å². The van der Waals surface area contributed by atoms with Crippen LogP contribution in [0.1, 0.15) is 32.0 Å². The fraction of sp³-hybridized carbons (Fsp3) is 0.379. The number of benzene rings is 2. The van der Waals surface area contributed by atoms with Gasteiger partial charge in [-0.3, -0.25) is 0 Å². The molecule has 6 nitrogen and oxygen atoms in total. The van der Waals surface area contributed by atoms with Crippen LogP contribution in [0.5, 0.6) is 5.75 Å². The fourth-order valence-corrected chi connectivity index (χ4v) is 4.18. The number of rotatable bonds is 9. The van der Waals surface area contributed by atoms with E-state index < -0.39 is 19.5 Å². The summed E-state index contributed by atoms with van der Waals surface area (Å²) in [6.07, 6.45) is 2.24. The van der Waals surface area contributed by atoms with E-state index >= 15 is 0 Å². The average molecular weight is 504 g/mol. The molecule has 0 unspecified atom stereocenters. The molecule has 0 atom stereocenters. The largest absolute Gasteiger partial charge is 0.497 e. The van der Waals surface area contributed by atoms with Gasteiger partial charge in [0.25, 0.3) is 0 Å². The zero-order valence-electron chi connectivity index (χ0n) is 22.5. The molecular formula is C29H37N3O3Si. The molecule has 1 aromatic heterocycles. The normalized spacial score (nSPS) is 12.4. The summed E-state index contributed by atoms with van der Waals surface area (Å²) >= 11 is 0. The van der Waals surface area contributed by atoms with Gasteiger partial charge in [0, 0.05) is 25.5 Å². The Morgan fingerprint density at radius 3 is 2.25 bits per heavy atom. The minimum absolute atomic E-state index is 0.346. The second kappa shape index (κ2) is 11.6. The summed E-state index contributed by atoms with van der Waals surface area (Å²) in [4.78, 5) is 27.5. The zero-order valence-corrected chi connectivity index (χ0v) is 23.5. The Labute approximate surface area is 215 Å². The molecule has 0 aliphatic carbocycles. The molecule has 0 spiro atoms.